The molecule has 2 aromatic rings. The molecular formula is C20H20N6O3. The Bertz CT molecular complexity index is 1030. The van der Waals surface area contributed by atoms with Gasteiger partial charge in [-0.1, -0.05) is 0 Å². The van der Waals surface area contributed by atoms with Gasteiger partial charge in [-0.05, 0) is 43.5 Å². The van der Waals surface area contributed by atoms with Crippen molar-refractivity contribution in [1.82, 2.24) is 25.0 Å². The molecule has 4 rings (SSSR count). The molecular weight excluding hydrogens is 372 g/mol. The Balaban J connectivity index is 1.44. The molecule has 0 saturated carbocycles. The van der Waals surface area contributed by atoms with Gasteiger partial charge in [0.25, 0.3) is 11.8 Å². The molecule has 0 bridgehead atoms. The van der Waals surface area contributed by atoms with Gasteiger partial charge < -0.3 is 10.2 Å². The lowest BCUT2D eigenvalue weighted by atomic mass is 10.0. The summed E-state index contributed by atoms with van der Waals surface area (Å²) in [6, 6.07) is 5.38. The van der Waals surface area contributed by atoms with Crippen LogP contribution in [0.2, 0.25) is 0 Å². The van der Waals surface area contributed by atoms with Crippen LogP contribution >= 0.6 is 0 Å². The van der Waals surface area contributed by atoms with Crippen molar-refractivity contribution < 1.29 is 14.4 Å². The Morgan fingerprint density at radius 3 is 2.72 bits per heavy atom. The fourth-order valence-electron chi connectivity index (χ4n) is 3.56. The number of amides is 3. The molecule has 0 radical (unpaired) electrons. The van der Waals surface area contributed by atoms with Crippen LogP contribution in [0.25, 0.3) is 11.3 Å². The molecule has 9 nitrogen and oxygen atoms in total. The van der Waals surface area contributed by atoms with Gasteiger partial charge >= 0.3 is 0 Å². The topological polar surface area (TPSA) is 108 Å². The molecule has 9 heteroatoms. The molecule has 0 unspecified atom stereocenters. The average Bonchev–Trinajstić information content (AvgIpc) is 2.93. The Morgan fingerprint density at radius 2 is 2.00 bits per heavy atom. The number of imide groups is 1. The first-order valence-electron chi connectivity index (χ1n) is 9.30. The smallest absolute Gasteiger partial charge is 0.277 e. The number of aromatic nitrogens is 3. The largest absolute Gasteiger partial charge is 0.357 e. The number of hydrogen-bond acceptors (Lipinski definition) is 7. The van der Waals surface area contributed by atoms with Crippen molar-refractivity contribution in [3.63, 3.8) is 0 Å². The zero-order valence-corrected chi connectivity index (χ0v) is 16.2. The van der Waals surface area contributed by atoms with E-state index < -0.39 is 0 Å². The second-order valence-corrected chi connectivity index (χ2v) is 7.12. The van der Waals surface area contributed by atoms with Gasteiger partial charge in [-0.15, -0.1) is 10.2 Å². The molecule has 2 aliphatic heterocycles. The maximum Gasteiger partial charge on any atom is 0.277 e. The summed E-state index contributed by atoms with van der Waals surface area (Å²) in [6.45, 7) is 2.46. The summed E-state index contributed by atoms with van der Waals surface area (Å²) in [4.78, 5) is 43.9. The second-order valence-electron chi connectivity index (χ2n) is 7.12. The van der Waals surface area contributed by atoms with Crippen molar-refractivity contribution in [2.75, 3.05) is 25.5 Å². The lowest BCUT2D eigenvalue weighted by Gasteiger charge is -2.28. The van der Waals surface area contributed by atoms with Gasteiger partial charge in [0.2, 0.25) is 5.91 Å². The normalized spacial score (nSPS) is 16.3. The van der Waals surface area contributed by atoms with E-state index >= 15 is 0 Å². The molecule has 0 spiro atoms. The molecule has 0 aromatic carbocycles. The van der Waals surface area contributed by atoms with Crippen molar-refractivity contribution in [3.8, 4) is 11.3 Å². The number of pyridine rings is 1. The van der Waals surface area contributed by atoms with Crippen LogP contribution in [-0.4, -0.2) is 62.8 Å². The Hall–Kier alpha value is -3.62. The van der Waals surface area contributed by atoms with Gasteiger partial charge in [-0.25, -0.2) is 0 Å². The molecule has 0 saturated heterocycles. The van der Waals surface area contributed by atoms with Crippen molar-refractivity contribution in [2.45, 2.75) is 19.8 Å². The van der Waals surface area contributed by atoms with Crippen molar-refractivity contribution in [2.24, 2.45) is 0 Å². The van der Waals surface area contributed by atoms with Gasteiger partial charge in [0.05, 0.1) is 12.2 Å². The number of anilines is 1. The first kappa shape index (κ1) is 18.7. The summed E-state index contributed by atoms with van der Waals surface area (Å²) < 4.78 is 0. The molecule has 0 atom stereocenters. The molecule has 1 N–H and O–H groups in total. The lowest BCUT2D eigenvalue weighted by Crippen LogP contribution is -2.38. The summed E-state index contributed by atoms with van der Waals surface area (Å²) >= 11 is 0. The first-order chi connectivity index (χ1) is 13.9. The summed E-state index contributed by atoms with van der Waals surface area (Å²) in [6.07, 6.45) is 4.74. The SMILES string of the molecule is Cc1cncc(-c2ccc(NC(=O)CN3CCCC4=C3C(=O)N(C)C4=O)nn2)c1. The standard InChI is InChI=1S/C20H20N6O3/c1-12-8-13(10-21-9-12)15-5-6-16(24-23-15)22-17(27)11-26-7-3-4-14-18(26)20(29)25(2)19(14)28/h5-6,8-10H,3-4,7,11H2,1-2H3,(H,22,24,27). The van der Waals surface area contributed by atoms with Crippen LogP contribution < -0.4 is 5.32 Å². The van der Waals surface area contributed by atoms with Crippen LogP contribution in [-0.2, 0) is 14.4 Å². The highest BCUT2D eigenvalue weighted by Gasteiger charge is 2.40. The van der Waals surface area contributed by atoms with Crippen LogP contribution in [0.3, 0.4) is 0 Å². The quantitative estimate of drug-likeness (QED) is 0.777. The lowest BCUT2D eigenvalue weighted by molar-refractivity contribution is -0.136. The summed E-state index contributed by atoms with van der Waals surface area (Å²) in [7, 11) is 1.46. The van der Waals surface area contributed by atoms with Crippen molar-refractivity contribution in [3.05, 3.63) is 47.4 Å². The predicted molar refractivity (Wildman–Crippen MR) is 104 cm³/mol. The molecule has 2 aromatic heterocycles. The monoisotopic (exact) mass is 392 g/mol. The minimum absolute atomic E-state index is 0.0308. The zero-order chi connectivity index (χ0) is 20.5. The Kier molecular flexibility index (Phi) is 4.79. The van der Waals surface area contributed by atoms with Crippen LogP contribution in [0.5, 0.6) is 0 Å². The number of likely N-dealkylation sites (N-methyl/N-ethyl adjacent to an activating group) is 1. The Labute approximate surface area is 167 Å². The highest BCUT2D eigenvalue weighted by atomic mass is 16.2. The summed E-state index contributed by atoms with van der Waals surface area (Å²) in [5.74, 6) is -0.639. The third-order valence-corrected chi connectivity index (χ3v) is 4.96. The highest BCUT2D eigenvalue weighted by molar-refractivity contribution is 6.19. The van der Waals surface area contributed by atoms with E-state index in [2.05, 4.69) is 20.5 Å². The van der Waals surface area contributed by atoms with Gasteiger partial charge in [0.1, 0.15) is 5.70 Å². The minimum atomic E-state index is -0.353. The minimum Gasteiger partial charge on any atom is -0.357 e. The van der Waals surface area contributed by atoms with E-state index in [0.29, 0.717) is 35.7 Å². The van der Waals surface area contributed by atoms with Crippen LogP contribution in [0.4, 0.5) is 5.82 Å². The second kappa shape index (κ2) is 7.42. The molecule has 2 aliphatic rings. The van der Waals surface area contributed by atoms with Crippen LogP contribution in [0.1, 0.15) is 18.4 Å². The van der Waals surface area contributed by atoms with E-state index in [1.54, 1.807) is 29.4 Å². The fourth-order valence-corrected chi connectivity index (χ4v) is 3.56. The van der Waals surface area contributed by atoms with E-state index in [4.69, 9.17) is 0 Å². The number of nitrogens with zero attached hydrogens (tertiary/aromatic N) is 5. The average molecular weight is 392 g/mol. The van der Waals surface area contributed by atoms with Crippen molar-refractivity contribution >= 4 is 23.5 Å². The maximum atomic E-state index is 12.5. The maximum absolute atomic E-state index is 12.5. The van der Waals surface area contributed by atoms with E-state index in [-0.39, 0.29) is 24.3 Å². The van der Waals surface area contributed by atoms with Gasteiger partial charge in [0, 0.05) is 37.1 Å². The van der Waals surface area contributed by atoms with E-state index in [1.165, 1.54) is 7.05 Å². The Morgan fingerprint density at radius 1 is 1.17 bits per heavy atom. The molecule has 3 amide bonds. The number of carbonyl (C=O) groups excluding carboxylic acids is 3. The van der Waals surface area contributed by atoms with Crippen LogP contribution in [0.15, 0.2) is 41.9 Å². The third kappa shape index (κ3) is 3.58. The molecule has 0 aliphatic carbocycles. The van der Waals surface area contributed by atoms with E-state index in [0.717, 1.165) is 22.4 Å². The van der Waals surface area contributed by atoms with Gasteiger partial charge in [-0.2, -0.15) is 0 Å². The number of aryl methyl sites for hydroxylation is 1. The highest BCUT2D eigenvalue weighted by Crippen LogP contribution is 2.30. The summed E-state index contributed by atoms with van der Waals surface area (Å²) in [5, 5.41) is 10.9. The fraction of sp³-hybridized carbons (Fsp3) is 0.300. The third-order valence-electron chi connectivity index (χ3n) is 4.96. The predicted octanol–water partition coefficient (Wildman–Crippen LogP) is 1.13. The van der Waals surface area contributed by atoms with Gasteiger partial charge in [0.15, 0.2) is 5.82 Å². The molecule has 4 heterocycles. The van der Waals surface area contributed by atoms with E-state index in [1.807, 2.05) is 13.0 Å². The number of nitrogens with one attached hydrogen (secondary N) is 1. The van der Waals surface area contributed by atoms with Gasteiger partial charge in [-0.3, -0.25) is 24.3 Å². The number of carbonyl (C=O) groups is 3. The summed E-state index contributed by atoms with van der Waals surface area (Å²) in [5.41, 5.74) is 3.35. The number of hydrogen-bond donors (Lipinski definition) is 1. The molecule has 29 heavy (non-hydrogen) atoms. The first-order valence-corrected chi connectivity index (χ1v) is 9.30. The van der Waals surface area contributed by atoms with E-state index in [9.17, 15) is 14.4 Å². The molecule has 0 fully saturated rings. The number of rotatable bonds is 4. The van der Waals surface area contributed by atoms with Crippen LogP contribution in [0, 0.1) is 6.92 Å². The molecule has 148 valence electrons. The van der Waals surface area contributed by atoms with Crippen molar-refractivity contribution in [1.29, 1.82) is 0 Å². The zero-order valence-electron chi connectivity index (χ0n) is 16.2.